The Bertz CT molecular complexity index is 755. The van der Waals surface area contributed by atoms with Gasteiger partial charge in [0, 0.05) is 0 Å². The lowest BCUT2D eigenvalue weighted by atomic mass is 9.95. The third-order valence-electron chi connectivity index (χ3n) is 4.22. The van der Waals surface area contributed by atoms with Crippen LogP contribution in [0.15, 0.2) is 17.5 Å². The van der Waals surface area contributed by atoms with Crippen LogP contribution in [0.25, 0.3) is 0 Å². The zero-order valence-corrected chi connectivity index (χ0v) is 19.0. The molecule has 1 amide bonds. The number of hydrogen-bond acceptors (Lipinski definition) is 9. The number of ether oxygens (including phenoxy) is 1. The fourth-order valence-electron chi connectivity index (χ4n) is 2.61. The minimum absolute atomic E-state index is 0.00783. The lowest BCUT2D eigenvalue weighted by molar-refractivity contribution is -0.397. The first-order valence-corrected chi connectivity index (χ1v) is 10.2. The number of nitro groups is 1. The van der Waals surface area contributed by atoms with Gasteiger partial charge in [-0.1, -0.05) is 23.5 Å². The van der Waals surface area contributed by atoms with Crippen molar-refractivity contribution in [3.63, 3.8) is 0 Å². The molecule has 176 valence electrons. The first-order chi connectivity index (χ1) is 14.4. The van der Waals surface area contributed by atoms with Crippen molar-refractivity contribution in [3.8, 4) is 0 Å². The van der Waals surface area contributed by atoms with Gasteiger partial charge in [-0.2, -0.15) is 5.48 Å². The number of rotatable bonds is 12. The highest BCUT2D eigenvalue weighted by Crippen LogP contribution is 2.14. The van der Waals surface area contributed by atoms with Crippen molar-refractivity contribution in [1.82, 2.24) is 20.3 Å². The predicted octanol–water partition coefficient (Wildman–Crippen LogP) is 3.00. The molecule has 1 aromatic heterocycles. The third-order valence-corrected chi connectivity index (χ3v) is 4.22. The molecule has 0 aliphatic carbocycles. The van der Waals surface area contributed by atoms with E-state index in [0.717, 1.165) is 12.8 Å². The molecule has 0 aromatic carbocycles. The van der Waals surface area contributed by atoms with E-state index in [2.05, 4.69) is 20.9 Å². The molecule has 0 saturated carbocycles. The van der Waals surface area contributed by atoms with Gasteiger partial charge in [-0.25, -0.2) is 9.36 Å². The molecule has 0 radical (unpaired) electrons. The summed E-state index contributed by atoms with van der Waals surface area (Å²) < 4.78 is 6.54. The van der Waals surface area contributed by atoms with Crippen LogP contribution in [0.2, 0.25) is 0 Å². The normalized spacial score (nSPS) is 13.7. The molecule has 1 rings (SSSR count). The number of oxime groups is 1. The minimum atomic E-state index is -0.811. The van der Waals surface area contributed by atoms with Gasteiger partial charge in [0.2, 0.25) is 0 Å². The van der Waals surface area contributed by atoms with Gasteiger partial charge in [0.15, 0.2) is 0 Å². The zero-order valence-electron chi connectivity index (χ0n) is 19.0. The SMILES string of the molecule is CCCCC(=NO)C(C)(C)NOC(CNC(=O)OC(C)(C)C)Cn1ccnc1[N+](=O)[O-]. The molecule has 31 heavy (non-hydrogen) atoms. The van der Waals surface area contributed by atoms with E-state index in [0.29, 0.717) is 12.1 Å². The topological polar surface area (TPSA) is 153 Å². The van der Waals surface area contributed by atoms with E-state index in [-0.39, 0.29) is 19.0 Å². The maximum atomic E-state index is 12.0. The van der Waals surface area contributed by atoms with Crippen molar-refractivity contribution in [2.45, 2.75) is 84.6 Å². The summed E-state index contributed by atoms with van der Waals surface area (Å²) in [6.07, 6.45) is 3.76. The molecule has 0 saturated heterocycles. The first kappa shape index (κ1) is 26.3. The molecule has 3 N–H and O–H groups in total. The van der Waals surface area contributed by atoms with Crippen molar-refractivity contribution in [2.75, 3.05) is 6.54 Å². The highest BCUT2D eigenvalue weighted by atomic mass is 16.7. The summed E-state index contributed by atoms with van der Waals surface area (Å²) in [6, 6.07) is 0. The van der Waals surface area contributed by atoms with Gasteiger partial charge in [-0.15, -0.1) is 0 Å². The summed E-state index contributed by atoms with van der Waals surface area (Å²) in [6.45, 7) is 10.9. The number of hydroxylamine groups is 1. The summed E-state index contributed by atoms with van der Waals surface area (Å²) in [4.78, 5) is 32.1. The van der Waals surface area contributed by atoms with E-state index in [4.69, 9.17) is 9.57 Å². The average Bonchev–Trinajstić information content (AvgIpc) is 3.11. The average molecular weight is 443 g/mol. The first-order valence-electron chi connectivity index (χ1n) is 10.2. The van der Waals surface area contributed by atoms with Gasteiger partial charge < -0.3 is 25.4 Å². The Labute approximate surface area is 182 Å². The number of amides is 1. The van der Waals surface area contributed by atoms with Crippen molar-refractivity contribution < 1.29 is 24.5 Å². The molecule has 0 aliphatic rings. The van der Waals surface area contributed by atoms with Crippen LogP contribution in [-0.4, -0.2) is 55.3 Å². The van der Waals surface area contributed by atoms with E-state index in [1.165, 1.54) is 17.0 Å². The Balaban J connectivity index is 2.89. The summed E-state index contributed by atoms with van der Waals surface area (Å²) in [5.41, 5.74) is 1.89. The number of alkyl carbamates (subject to hydrolysis) is 1. The Morgan fingerprint density at radius 1 is 1.39 bits per heavy atom. The second-order valence-corrected chi connectivity index (χ2v) is 8.64. The number of imidazole rings is 1. The molecule has 1 aromatic rings. The van der Waals surface area contributed by atoms with Crippen molar-refractivity contribution in [1.29, 1.82) is 0 Å². The molecular weight excluding hydrogens is 408 g/mol. The van der Waals surface area contributed by atoms with Gasteiger partial charge in [0.1, 0.15) is 30.6 Å². The van der Waals surface area contributed by atoms with Crippen LogP contribution in [0.3, 0.4) is 0 Å². The van der Waals surface area contributed by atoms with Crippen molar-refractivity contribution >= 4 is 17.8 Å². The highest BCUT2D eigenvalue weighted by molar-refractivity contribution is 5.92. The van der Waals surface area contributed by atoms with Crippen LogP contribution in [0.4, 0.5) is 10.7 Å². The van der Waals surface area contributed by atoms with Gasteiger partial charge in [-0.3, -0.25) is 4.84 Å². The Morgan fingerprint density at radius 2 is 2.06 bits per heavy atom. The molecule has 12 heteroatoms. The summed E-state index contributed by atoms with van der Waals surface area (Å²) in [5.74, 6) is -0.342. The standard InChI is InChI=1S/C19H34N6O6/c1-7-8-9-15(22-27)19(5,6)23-31-14(12-21-17(26)30-18(2,3)4)13-24-11-10-20-16(24)25(28)29/h10-11,14,23,27H,7-9,12-13H2,1-6H3,(H,21,26). The van der Waals surface area contributed by atoms with Crippen LogP contribution in [-0.2, 0) is 16.1 Å². The molecule has 12 nitrogen and oxygen atoms in total. The smallest absolute Gasteiger partial charge is 0.434 e. The maximum absolute atomic E-state index is 12.0. The maximum Gasteiger partial charge on any atom is 0.434 e. The van der Waals surface area contributed by atoms with Gasteiger partial charge >= 0.3 is 12.0 Å². The Hall–Kier alpha value is -2.73. The lowest BCUT2D eigenvalue weighted by Gasteiger charge is -2.29. The molecular formula is C19H34N6O6. The summed E-state index contributed by atoms with van der Waals surface area (Å²) in [5, 5.41) is 26.5. The number of carbonyl (C=O) groups excluding carboxylic acids is 1. The Kier molecular flexibility index (Phi) is 9.85. The van der Waals surface area contributed by atoms with Crippen molar-refractivity contribution in [2.24, 2.45) is 5.16 Å². The van der Waals surface area contributed by atoms with Gasteiger partial charge in [0.05, 0.1) is 17.8 Å². The molecule has 0 aliphatic heterocycles. The van der Waals surface area contributed by atoms with E-state index in [9.17, 15) is 20.1 Å². The number of unbranched alkanes of at least 4 members (excludes halogenated alkanes) is 1. The lowest BCUT2D eigenvalue weighted by Crippen LogP contribution is -2.50. The van der Waals surface area contributed by atoms with Crippen LogP contribution >= 0.6 is 0 Å². The Morgan fingerprint density at radius 3 is 2.61 bits per heavy atom. The van der Waals surface area contributed by atoms with Crippen molar-refractivity contribution in [3.05, 3.63) is 22.5 Å². The molecule has 1 unspecified atom stereocenters. The second-order valence-electron chi connectivity index (χ2n) is 8.64. The van der Waals surface area contributed by atoms with Gasteiger partial charge in [-0.05, 0) is 52.4 Å². The fourth-order valence-corrected chi connectivity index (χ4v) is 2.61. The number of carbonyl (C=O) groups is 1. The van der Waals surface area contributed by atoms with Crippen LogP contribution < -0.4 is 10.8 Å². The van der Waals surface area contributed by atoms with E-state index < -0.39 is 28.3 Å². The van der Waals surface area contributed by atoms with E-state index >= 15 is 0 Å². The predicted molar refractivity (Wildman–Crippen MR) is 114 cm³/mol. The molecule has 1 atom stereocenters. The van der Waals surface area contributed by atoms with Gasteiger partial charge in [0.25, 0.3) is 0 Å². The molecule has 1 heterocycles. The quantitative estimate of drug-likeness (QED) is 0.193. The number of aromatic nitrogens is 2. The highest BCUT2D eigenvalue weighted by Gasteiger charge is 2.29. The minimum Gasteiger partial charge on any atom is -0.444 e. The number of hydrogen-bond donors (Lipinski definition) is 3. The summed E-state index contributed by atoms with van der Waals surface area (Å²) >= 11 is 0. The number of nitrogens with one attached hydrogen (secondary N) is 2. The number of nitrogens with zero attached hydrogens (tertiary/aromatic N) is 4. The molecule has 0 fully saturated rings. The molecule has 0 bridgehead atoms. The molecule has 0 spiro atoms. The zero-order chi connectivity index (χ0) is 23.7. The van der Waals surface area contributed by atoms with Crippen LogP contribution in [0.1, 0.15) is 60.8 Å². The monoisotopic (exact) mass is 442 g/mol. The second kappa shape index (κ2) is 11.6. The fraction of sp³-hybridized carbons (Fsp3) is 0.737. The summed E-state index contributed by atoms with van der Waals surface area (Å²) in [7, 11) is 0. The third kappa shape index (κ3) is 9.30. The van der Waals surface area contributed by atoms with E-state index in [1.54, 1.807) is 34.6 Å². The van der Waals surface area contributed by atoms with Crippen LogP contribution in [0.5, 0.6) is 0 Å². The van der Waals surface area contributed by atoms with E-state index in [1.807, 2.05) is 6.92 Å². The van der Waals surface area contributed by atoms with Crippen LogP contribution in [0, 0.1) is 10.1 Å². The largest absolute Gasteiger partial charge is 0.444 e.